The number of nitriles is 1. The minimum Gasteiger partial charge on any atom is -0.257 e. The summed E-state index contributed by atoms with van der Waals surface area (Å²) in [6.45, 7) is 3.79. The minimum atomic E-state index is 0.603. The summed E-state index contributed by atoms with van der Waals surface area (Å²) >= 11 is 0. The van der Waals surface area contributed by atoms with Crippen LogP contribution in [0.4, 0.5) is 0 Å². The van der Waals surface area contributed by atoms with Crippen LogP contribution < -0.4 is 0 Å². The molecule has 1 aliphatic rings. The van der Waals surface area contributed by atoms with Crippen LogP contribution in [0.25, 0.3) is 5.69 Å². The predicted octanol–water partition coefficient (Wildman–Crippen LogP) is 2.63. The summed E-state index contributed by atoms with van der Waals surface area (Å²) in [5.74, 6) is 0.626. The van der Waals surface area contributed by atoms with E-state index in [-0.39, 0.29) is 0 Å². The normalized spacial score (nSPS) is 14.5. The van der Waals surface area contributed by atoms with Crippen LogP contribution in [0.1, 0.15) is 41.4 Å². The Labute approximate surface area is 106 Å². The van der Waals surface area contributed by atoms with Crippen molar-refractivity contribution in [3.05, 3.63) is 41.0 Å². The number of rotatable bonds is 2. The van der Waals surface area contributed by atoms with Gasteiger partial charge in [0.05, 0.1) is 22.6 Å². The second-order valence-corrected chi connectivity index (χ2v) is 4.81. The highest BCUT2D eigenvalue weighted by Crippen LogP contribution is 2.39. The lowest BCUT2D eigenvalue weighted by molar-refractivity contribution is 0.828. The molecule has 0 atom stereocenters. The standard InChI is InChI=1S/C14H14N4/c1-9-7-14(12(8-15)10(2)16-9)18-6-5-13(17-18)11-3-4-11/h5-7,11H,3-4H2,1-2H3. The molecule has 2 heterocycles. The van der Waals surface area contributed by atoms with Crippen LogP contribution in [0.5, 0.6) is 0 Å². The molecule has 18 heavy (non-hydrogen) atoms. The van der Waals surface area contributed by atoms with Gasteiger partial charge in [-0.25, -0.2) is 4.68 Å². The molecule has 4 nitrogen and oxygen atoms in total. The van der Waals surface area contributed by atoms with E-state index in [4.69, 9.17) is 0 Å². The summed E-state index contributed by atoms with van der Waals surface area (Å²) in [5, 5.41) is 13.8. The predicted molar refractivity (Wildman–Crippen MR) is 67.5 cm³/mol. The van der Waals surface area contributed by atoms with E-state index in [1.54, 1.807) is 4.68 Å². The van der Waals surface area contributed by atoms with Crippen LogP contribution in [0.15, 0.2) is 18.3 Å². The Morgan fingerprint density at radius 1 is 1.39 bits per heavy atom. The van der Waals surface area contributed by atoms with Gasteiger partial charge >= 0.3 is 0 Å². The zero-order chi connectivity index (χ0) is 12.7. The molecule has 1 aliphatic carbocycles. The van der Waals surface area contributed by atoms with E-state index in [0.29, 0.717) is 11.5 Å². The maximum Gasteiger partial charge on any atom is 0.103 e. The van der Waals surface area contributed by atoms with E-state index >= 15 is 0 Å². The molecule has 0 amide bonds. The fourth-order valence-corrected chi connectivity index (χ4v) is 2.20. The fraction of sp³-hybridized carbons (Fsp3) is 0.357. The lowest BCUT2D eigenvalue weighted by Gasteiger charge is -2.07. The Kier molecular flexibility index (Phi) is 2.41. The van der Waals surface area contributed by atoms with E-state index in [1.165, 1.54) is 12.8 Å². The van der Waals surface area contributed by atoms with E-state index in [9.17, 15) is 5.26 Å². The van der Waals surface area contributed by atoms with Gasteiger partial charge in [-0.15, -0.1) is 0 Å². The van der Waals surface area contributed by atoms with E-state index in [0.717, 1.165) is 22.8 Å². The average Bonchev–Trinajstić information content (AvgIpc) is 3.06. The first-order valence-corrected chi connectivity index (χ1v) is 6.13. The summed E-state index contributed by atoms with van der Waals surface area (Å²) in [5.41, 5.74) is 4.23. The van der Waals surface area contributed by atoms with Crippen molar-refractivity contribution < 1.29 is 0 Å². The molecule has 90 valence electrons. The van der Waals surface area contributed by atoms with Gasteiger partial charge < -0.3 is 0 Å². The number of aryl methyl sites for hydroxylation is 2. The largest absolute Gasteiger partial charge is 0.257 e. The molecule has 0 spiro atoms. The second-order valence-electron chi connectivity index (χ2n) is 4.81. The first-order chi connectivity index (χ1) is 8.69. The third-order valence-corrected chi connectivity index (χ3v) is 3.27. The van der Waals surface area contributed by atoms with E-state index in [2.05, 4.69) is 16.2 Å². The van der Waals surface area contributed by atoms with Gasteiger partial charge in [0.25, 0.3) is 0 Å². The number of pyridine rings is 1. The highest BCUT2D eigenvalue weighted by Gasteiger charge is 2.26. The average molecular weight is 238 g/mol. The molecule has 4 heteroatoms. The molecule has 0 radical (unpaired) electrons. The van der Waals surface area contributed by atoms with Crippen molar-refractivity contribution >= 4 is 0 Å². The summed E-state index contributed by atoms with van der Waals surface area (Å²) in [7, 11) is 0. The number of nitrogens with zero attached hydrogens (tertiary/aromatic N) is 4. The smallest absolute Gasteiger partial charge is 0.103 e. The van der Waals surface area contributed by atoms with Gasteiger partial charge in [-0.1, -0.05) is 0 Å². The zero-order valence-electron chi connectivity index (χ0n) is 10.5. The lowest BCUT2D eigenvalue weighted by Crippen LogP contribution is -2.03. The fourth-order valence-electron chi connectivity index (χ4n) is 2.20. The lowest BCUT2D eigenvalue weighted by atomic mass is 10.1. The molecular formula is C14H14N4. The maximum atomic E-state index is 9.25. The van der Waals surface area contributed by atoms with E-state index < -0.39 is 0 Å². The minimum absolute atomic E-state index is 0.603. The van der Waals surface area contributed by atoms with Crippen molar-refractivity contribution in [3.8, 4) is 11.8 Å². The highest BCUT2D eigenvalue weighted by molar-refractivity contribution is 5.51. The van der Waals surface area contributed by atoms with Gasteiger partial charge in [-0.05, 0) is 38.8 Å². The van der Waals surface area contributed by atoms with Gasteiger partial charge in [0.1, 0.15) is 6.07 Å². The van der Waals surface area contributed by atoms with Gasteiger partial charge in [0, 0.05) is 17.8 Å². The molecule has 0 aliphatic heterocycles. The monoisotopic (exact) mass is 238 g/mol. The van der Waals surface area contributed by atoms with Crippen LogP contribution in [0, 0.1) is 25.2 Å². The molecule has 3 rings (SSSR count). The van der Waals surface area contributed by atoms with Crippen molar-refractivity contribution in [2.75, 3.05) is 0 Å². The van der Waals surface area contributed by atoms with Gasteiger partial charge in [0.2, 0.25) is 0 Å². The Hall–Kier alpha value is -2.15. The van der Waals surface area contributed by atoms with Crippen LogP contribution in [-0.2, 0) is 0 Å². The zero-order valence-corrected chi connectivity index (χ0v) is 10.5. The SMILES string of the molecule is Cc1cc(-n2ccc(C3CC3)n2)c(C#N)c(C)n1. The molecule has 0 bridgehead atoms. The molecule has 1 fully saturated rings. The molecule has 2 aromatic heterocycles. The van der Waals surface area contributed by atoms with Gasteiger partial charge in [-0.3, -0.25) is 4.98 Å². The summed E-state index contributed by atoms with van der Waals surface area (Å²) in [6.07, 6.45) is 4.40. The Morgan fingerprint density at radius 3 is 2.83 bits per heavy atom. The summed E-state index contributed by atoms with van der Waals surface area (Å²) in [6, 6.07) is 6.18. The highest BCUT2D eigenvalue weighted by atomic mass is 15.3. The molecule has 0 saturated heterocycles. The number of hydrogen-bond acceptors (Lipinski definition) is 3. The Bertz CT molecular complexity index is 644. The van der Waals surface area contributed by atoms with Crippen LogP contribution >= 0.6 is 0 Å². The first-order valence-electron chi connectivity index (χ1n) is 6.13. The Morgan fingerprint density at radius 2 is 2.17 bits per heavy atom. The third kappa shape index (κ3) is 1.78. The van der Waals surface area contributed by atoms with Crippen molar-refractivity contribution in [2.24, 2.45) is 0 Å². The van der Waals surface area contributed by atoms with Crippen LogP contribution in [0.3, 0.4) is 0 Å². The van der Waals surface area contributed by atoms with Crippen molar-refractivity contribution in [3.63, 3.8) is 0 Å². The van der Waals surface area contributed by atoms with Crippen molar-refractivity contribution in [1.29, 1.82) is 5.26 Å². The van der Waals surface area contributed by atoms with Crippen molar-refractivity contribution in [2.45, 2.75) is 32.6 Å². The first kappa shape index (κ1) is 11.0. The van der Waals surface area contributed by atoms with Gasteiger partial charge in [-0.2, -0.15) is 10.4 Å². The van der Waals surface area contributed by atoms with Crippen LogP contribution in [0.2, 0.25) is 0 Å². The Balaban J connectivity index is 2.12. The number of aromatic nitrogens is 3. The summed E-state index contributed by atoms with van der Waals surface area (Å²) < 4.78 is 1.80. The molecule has 0 N–H and O–H groups in total. The van der Waals surface area contributed by atoms with Crippen LogP contribution in [-0.4, -0.2) is 14.8 Å². The van der Waals surface area contributed by atoms with Crippen molar-refractivity contribution in [1.82, 2.24) is 14.8 Å². The maximum absolute atomic E-state index is 9.25. The second kappa shape index (κ2) is 3.95. The molecular weight excluding hydrogens is 224 g/mol. The summed E-state index contributed by atoms with van der Waals surface area (Å²) in [4.78, 5) is 4.32. The van der Waals surface area contributed by atoms with Gasteiger partial charge in [0.15, 0.2) is 0 Å². The quantitative estimate of drug-likeness (QED) is 0.808. The third-order valence-electron chi connectivity index (χ3n) is 3.27. The topological polar surface area (TPSA) is 54.5 Å². The molecule has 1 saturated carbocycles. The molecule has 0 aromatic carbocycles. The molecule has 2 aromatic rings. The number of hydrogen-bond donors (Lipinski definition) is 0. The van der Waals surface area contributed by atoms with E-state index in [1.807, 2.05) is 32.2 Å². The molecule has 0 unspecified atom stereocenters.